The standard InChI is InChI=1S/C26H24F8N2O4S/c27-18-3-5-19(6-4-18)41(38,39)23-9-10-36(22(37)35-11-13-40-14-12-35)21(23)8-1-16-15-17(2-7-20(16)23)24(28,25(29,30)31)26(32,33)34/h2-7,15,21H,1,8-14H2/t21-,23-/m1/s1. The zero-order chi connectivity index (χ0) is 30.0. The zero-order valence-electron chi connectivity index (χ0n) is 21.2. The van der Waals surface area contributed by atoms with Gasteiger partial charge in [0.2, 0.25) is 0 Å². The number of alkyl halides is 7. The van der Waals surface area contributed by atoms with Crippen LogP contribution in [-0.4, -0.2) is 75.5 Å². The number of hydrogen-bond donors (Lipinski definition) is 0. The monoisotopic (exact) mass is 612 g/mol. The zero-order valence-corrected chi connectivity index (χ0v) is 22.1. The first kappa shape index (κ1) is 29.5. The second-order valence-corrected chi connectivity index (χ2v) is 12.5. The number of benzene rings is 2. The van der Waals surface area contributed by atoms with E-state index in [0.717, 1.165) is 30.3 Å². The fourth-order valence-corrected chi connectivity index (χ4v) is 8.59. The van der Waals surface area contributed by atoms with E-state index >= 15 is 0 Å². The third-order valence-corrected chi connectivity index (χ3v) is 10.7. The Hall–Kier alpha value is -2.94. The van der Waals surface area contributed by atoms with Crippen molar-refractivity contribution in [3.63, 3.8) is 0 Å². The van der Waals surface area contributed by atoms with Gasteiger partial charge in [-0.2, -0.15) is 26.3 Å². The molecule has 0 unspecified atom stereocenters. The number of sulfone groups is 1. The molecule has 2 aliphatic heterocycles. The molecule has 41 heavy (non-hydrogen) atoms. The first-order valence-corrected chi connectivity index (χ1v) is 14.1. The van der Waals surface area contributed by atoms with Gasteiger partial charge in [0.25, 0.3) is 0 Å². The highest BCUT2D eigenvalue weighted by Crippen LogP contribution is 2.56. The molecule has 2 aromatic carbocycles. The van der Waals surface area contributed by atoms with Gasteiger partial charge >= 0.3 is 24.1 Å². The Balaban J connectivity index is 1.68. The highest BCUT2D eigenvalue weighted by Gasteiger charge is 2.74. The van der Waals surface area contributed by atoms with Crippen LogP contribution in [0.1, 0.15) is 29.5 Å². The predicted molar refractivity (Wildman–Crippen MR) is 128 cm³/mol. The Morgan fingerprint density at radius 3 is 2.10 bits per heavy atom. The van der Waals surface area contributed by atoms with Gasteiger partial charge < -0.3 is 14.5 Å². The van der Waals surface area contributed by atoms with E-state index < -0.39 is 56.1 Å². The van der Waals surface area contributed by atoms with Crippen molar-refractivity contribution in [1.82, 2.24) is 9.80 Å². The predicted octanol–water partition coefficient (Wildman–Crippen LogP) is 5.26. The molecule has 0 aromatic heterocycles. The molecular formula is C26H24F8N2O4S. The van der Waals surface area contributed by atoms with Crippen LogP contribution in [0.15, 0.2) is 47.4 Å². The molecule has 2 heterocycles. The van der Waals surface area contributed by atoms with Crippen molar-refractivity contribution in [3.05, 3.63) is 65.0 Å². The van der Waals surface area contributed by atoms with Gasteiger partial charge in [-0.25, -0.2) is 22.0 Å². The molecule has 15 heteroatoms. The first-order valence-electron chi connectivity index (χ1n) is 12.7. The molecule has 0 N–H and O–H groups in total. The molecule has 0 radical (unpaired) electrons. The fourth-order valence-electron chi connectivity index (χ4n) is 6.22. The molecule has 2 amide bonds. The maximum atomic E-state index is 14.9. The van der Waals surface area contributed by atoms with Crippen LogP contribution in [0.25, 0.3) is 0 Å². The van der Waals surface area contributed by atoms with Gasteiger partial charge in [-0.15, -0.1) is 0 Å². The van der Waals surface area contributed by atoms with Crippen LogP contribution in [0.5, 0.6) is 0 Å². The number of likely N-dealkylation sites (tertiary alicyclic amines) is 1. The minimum Gasteiger partial charge on any atom is -0.378 e. The van der Waals surface area contributed by atoms with Crippen molar-refractivity contribution in [3.8, 4) is 0 Å². The van der Waals surface area contributed by atoms with Crippen LogP contribution in [0.2, 0.25) is 0 Å². The third kappa shape index (κ3) is 4.37. The Labute approximate surface area is 229 Å². The molecule has 0 saturated carbocycles. The summed E-state index contributed by atoms with van der Waals surface area (Å²) < 4.78 is 141. The first-order chi connectivity index (χ1) is 19.1. The average Bonchev–Trinajstić information content (AvgIpc) is 3.33. The van der Waals surface area contributed by atoms with Crippen LogP contribution in [0.4, 0.5) is 39.9 Å². The molecule has 224 valence electrons. The number of aryl methyl sites for hydroxylation is 1. The number of fused-ring (bicyclic) bond motifs is 3. The molecule has 6 nitrogen and oxygen atoms in total. The van der Waals surface area contributed by atoms with Crippen molar-refractivity contribution >= 4 is 15.9 Å². The van der Waals surface area contributed by atoms with E-state index in [4.69, 9.17) is 4.74 Å². The SMILES string of the molecule is O=C(N1CCOCC1)N1CC[C@@]2(S(=O)(=O)c3ccc(F)cc3)c3ccc(C(F)(C(F)(F)F)C(F)(F)F)cc3CC[C@@H]12. The van der Waals surface area contributed by atoms with Gasteiger partial charge in [0.15, 0.2) is 9.84 Å². The average molecular weight is 613 g/mol. The summed E-state index contributed by atoms with van der Waals surface area (Å²) in [6.45, 7) is 0.928. The number of hydrogen-bond acceptors (Lipinski definition) is 4. The number of carbonyl (C=O) groups excluding carboxylic acids is 1. The van der Waals surface area contributed by atoms with Gasteiger partial charge in [0.05, 0.1) is 24.2 Å². The van der Waals surface area contributed by atoms with Crippen molar-refractivity contribution in [2.24, 2.45) is 0 Å². The van der Waals surface area contributed by atoms with E-state index in [1.807, 2.05) is 0 Å². The molecule has 3 aliphatic rings. The Morgan fingerprint density at radius 1 is 0.902 bits per heavy atom. The molecular weight excluding hydrogens is 588 g/mol. The summed E-state index contributed by atoms with van der Waals surface area (Å²) in [6, 6.07) is 3.79. The smallest absolute Gasteiger partial charge is 0.378 e. The van der Waals surface area contributed by atoms with E-state index in [2.05, 4.69) is 0 Å². The molecule has 0 spiro atoms. The Bertz CT molecular complexity index is 1420. The molecule has 1 aliphatic carbocycles. The lowest BCUT2D eigenvalue weighted by Crippen LogP contribution is -2.56. The van der Waals surface area contributed by atoms with Crippen LogP contribution >= 0.6 is 0 Å². The van der Waals surface area contributed by atoms with Gasteiger partial charge in [-0.1, -0.05) is 18.2 Å². The topological polar surface area (TPSA) is 66.9 Å². The number of urea groups is 1. The molecule has 0 bridgehead atoms. The highest BCUT2D eigenvalue weighted by atomic mass is 32.2. The summed E-state index contributed by atoms with van der Waals surface area (Å²) in [5, 5.41) is 0. The van der Waals surface area contributed by atoms with Crippen molar-refractivity contribution in [1.29, 1.82) is 0 Å². The summed E-state index contributed by atoms with van der Waals surface area (Å²) >= 11 is 0. The van der Waals surface area contributed by atoms with Crippen LogP contribution in [-0.2, 0) is 31.4 Å². The normalized spacial score (nSPS) is 23.8. The third-order valence-electron chi connectivity index (χ3n) is 8.20. The van der Waals surface area contributed by atoms with E-state index in [0.29, 0.717) is 12.1 Å². The van der Waals surface area contributed by atoms with Crippen LogP contribution in [0.3, 0.4) is 0 Å². The molecule has 2 fully saturated rings. The van der Waals surface area contributed by atoms with Crippen molar-refractivity contribution in [2.75, 3.05) is 32.8 Å². The minimum atomic E-state index is -6.34. The molecule has 2 saturated heterocycles. The molecule has 5 rings (SSSR count). The van der Waals surface area contributed by atoms with Gasteiger partial charge in [0, 0.05) is 25.2 Å². The number of rotatable bonds is 3. The summed E-state index contributed by atoms with van der Waals surface area (Å²) in [4.78, 5) is 16.0. The Morgan fingerprint density at radius 2 is 1.51 bits per heavy atom. The largest absolute Gasteiger partial charge is 0.435 e. The van der Waals surface area contributed by atoms with Crippen molar-refractivity contribution in [2.45, 2.75) is 53.0 Å². The quantitative estimate of drug-likeness (QED) is 0.351. The maximum absolute atomic E-state index is 14.9. The lowest BCUT2D eigenvalue weighted by molar-refractivity contribution is -0.348. The highest BCUT2D eigenvalue weighted by molar-refractivity contribution is 7.92. The summed E-state index contributed by atoms with van der Waals surface area (Å²) in [5.41, 5.74) is -7.74. The van der Waals surface area contributed by atoms with Crippen LogP contribution in [0, 0.1) is 5.82 Å². The fraction of sp³-hybridized carbons (Fsp3) is 0.500. The number of ether oxygens (including phenoxy) is 1. The second-order valence-electron chi connectivity index (χ2n) is 10.3. The van der Waals surface area contributed by atoms with Gasteiger partial charge in [0.1, 0.15) is 10.6 Å². The number of nitrogens with zero attached hydrogens (tertiary/aromatic N) is 2. The number of halogens is 8. The summed E-state index contributed by atoms with van der Waals surface area (Å²) in [5.74, 6) is -0.735. The summed E-state index contributed by atoms with van der Waals surface area (Å²) in [7, 11) is -4.53. The lowest BCUT2D eigenvalue weighted by Gasteiger charge is -2.44. The van der Waals surface area contributed by atoms with Crippen LogP contribution < -0.4 is 0 Å². The Kier molecular flexibility index (Phi) is 7.08. The lowest BCUT2D eigenvalue weighted by atomic mass is 9.77. The van der Waals surface area contributed by atoms with Gasteiger partial charge in [-0.05, 0) is 54.7 Å². The number of carbonyl (C=O) groups is 1. The van der Waals surface area contributed by atoms with E-state index in [1.165, 1.54) is 9.80 Å². The number of morpholine rings is 1. The van der Waals surface area contributed by atoms with Gasteiger partial charge in [-0.3, -0.25) is 0 Å². The minimum absolute atomic E-state index is 0.0827. The number of amides is 2. The van der Waals surface area contributed by atoms with Crippen molar-refractivity contribution < 1.29 is 53.1 Å². The molecule has 2 atom stereocenters. The van der Waals surface area contributed by atoms with E-state index in [1.54, 1.807) is 0 Å². The second kappa shape index (κ2) is 9.82. The van der Waals surface area contributed by atoms with E-state index in [9.17, 15) is 48.3 Å². The summed E-state index contributed by atoms with van der Waals surface area (Å²) in [6.07, 6.45) is -13.3. The maximum Gasteiger partial charge on any atom is 0.435 e. The van der Waals surface area contributed by atoms with E-state index in [-0.39, 0.29) is 68.1 Å². The molecule has 2 aromatic rings.